The second-order valence-corrected chi connectivity index (χ2v) is 3.93. The Morgan fingerprint density at radius 3 is 2.64 bits per heavy atom. The Balaban J connectivity index is 2.08. The van der Waals surface area contributed by atoms with E-state index in [0.717, 1.165) is 18.5 Å². The van der Waals surface area contributed by atoms with Gasteiger partial charge in [-0.1, -0.05) is 23.8 Å². The standard InChI is InChI=1S/C11H13ClN2/c12-10-7-8(13)5-6-11(10)14-9-3-1-2-4-9/h1-2,5-7,9,14H,3-4,13H2. The second-order valence-electron chi connectivity index (χ2n) is 3.52. The van der Waals surface area contributed by atoms with Gasteiger partial charge >= 0.3 is 0 Å². The van der Waals surface area contributed by atoms with Crippen molar-refractivity contribution >= 4 is 23.0 Å². The average molecular weight is 209 g/mol. The Labute approximate surface area is 88.8 Å². The van der Waals surface area contributed by atoms with Gasteiger partial charge in [0.1, 0.15) is 0 Å². The molecule has 1 aromatic carbocycles. The number of hydrogen-bond acceptors (Lipinski definition) is 2. The van der Waals surface area contributed by atoms with Crippen LogP contribution >= 0.6 is 11.6 Å². The van der Waals surface area contributed by atoms with Crippen LogP contribution in [-0.2, 0) is 0 Å². The van der Waals surface area contributed by atoms with Crippen LogP contribution in [0, 0.1) is 0 Å². The van der Waals surface area contributed by atoms with Gasteiger partial charge in [0.2, 0.25) is 0 Å². The van der Waals surface area contributed by atoms with Crippen molar-refractivity contribution in [1.82, 2.24) is 0 Å². The highest BCUT2D eigenvalue weighted by Gasteiger charge is 2.11. The molecular weight excluding hydrogens is 196 g/mol. The van der Waals surface area contributed by atoms with Crippen LogP contribution in [0.15, 0.2) is 30.4 Å². The molecule has 2 nitrogen and oxygen atoms in total. The minimum Gasteiger partial charge on any atom is -0.399 e. The molecule has 0 aromatic heterocycles. The lowest BCUT2D eigenvalue weighted by Crippen LogP contribution is -2.15. The van der Waals surface area contributed by atoms with E-state index in [1.807, 2.05) is 12.1 Å². The van der Waals surface area contributed by atoms with E-state index in [4.69, 9.17) is 17.3 Å². The van der Waals surface area contributed by atoms with Crippen LogP contribution in [-0.4, -0.2) is 6.04 Å². The van der Waals surface area contributed by atoms with Gasteiger partial charge in [-0.05, 0) is 31.0 Å². The van der Waals surface area contributed by atoms with Crippen molar-refractivity contribution in [3.05, 3.63) is 35.4 Å². The van der Waals surface area contributed by atoms with E-state index in [2.05, 4.69) is 17.5 Å². The monoisotopic (exact) mass is 208 g/mol. The lowest BCUT2D eigenvalue weighted by atomic mass is 10.2. The summed E-state index contributed by atoms with van der Waals surface area (Å²) in [5.41, 5.74) is 7.28. The first-order valence-electron chi connectivity index (χ1n) is 4.72. The van der Waals surface area contributed by atoms with E-state index in [-0.39, 0.29) is 0 Å². The van der Waals surface area contributed by atoms with Crippen molar-refractivity contribution in [2.75, 3.05) is 11.1 Å². The fourth-order valence-corrected chi connectivity index (χ4v) is 1.85. The van der Waals surface area contributed by atoms with Gasteiger partial charge < -0.3 is 11.1 Å². The predicted molar refractivity (Wildman–Crippen MR) is 61.6 cm³/mol. The molecule has 3 N–H and O–H groups in total. The molecule has 14 heavy (non-hydrogen) atoms. The van der Waals surface area contributed by atoms with Gasteiger partial charge in [0, 0.05) is 11.7 Å². The van der Waals surface area contributed by atoms with E-state index in [9.17, 15) is 0 Å². The molecular formula is C11H13ClN2. The number of nitrogens with two attached hydrogens (primary N) is 1. The molecule has 1 aromatic rings. The predicted octanol–water partition coefficient (Wildman–Crippen LogP) is 3.05. The number of nitrogen functional groups attached to an aromatic ring is 1. The molecule has 0 saturated carbocycles. The molecule has 0 fully saturated rings. The van der Waals surface area contributed by atoms with Gasteiger partial charge in [-0.15, -0.1) is 0 Å². The van der Waals surface area contributed by atoms with Gasteiger partial charge in [-0.25, -0.2) is 0 Å². The fraction of sp³-hybridized carbons (Fsp3) is 0.273. The molecule has 0 unspecified atom stereocenters. The summed E-state index contributed by atoms with van der Waals surface area (Å²) in [5, 5.41) is 4.08. The molecule has 0 radical (unpaired) electrons. The van der Waals surface area contributed by atoms with E-state index in [1.165, 1.54) is 0 Å². The highest BCUT2D eigenvalue weighted by atomic mass is 35.5. The topological polar surface area (TPSA) is 38.0 Å². The lowest BCUT2D eigenvalue weighted by Gasteiger charge is -2.14. The summed E-state index contributed by atoms with van der Waals surface area (Å²) in [6.07, 6.45) is 6.51. The Hall–Kier alpha value is -1.15. The van der Waals surface area contributed by atoms with Gasteiger partial charge in [-0.3, -0.25) is 0 Å². The maximum atomic E-state index is 6.05. The minimum absolute atomic E-state index is 0.483. The number of halogens is 1. The minimum atomic E-state index is 0.483. The first-order valence-corrected chi connectivity index (χ1v) is 5.10. The number of anilines is 2. The molecule has 0 bridgehead atoms. The lowest BCUT2D eigenvalue weighted by molar-refractivity contribution is 0.787. The Kier molecular flexibility index (Phi) is 2.64. The summed E-state index contributed by atoms with van der Waals surface area (Å²) in [5.74, 6) is 0. The largest absolute Gasteiger partial charge is 0.399 e. The molecule has 1 aliphatic carbocycles. The van der Waals surface area contributed by atoms with Crippen LogP contribution in [0.2, 0.25) is 5.02 Å². The molecule has 3 heteroatoms. The van der Waals surface area contributed by atoms with E-state index < -0.39 is 0 Å². The zero-order valence-electron chi connectivity index (χ0n) is 7.83. The molecule has 0 saturated heterocycles. The van der Waals surface area contributed by atoms with Crippen LogP contribution in [0.3, 0.4) is 0 Å². The van der Waals surface area contributed by atoms with Crippen LogP contribution in [0.5, 0.6) is 0 Å². The second kappa shape index (κ2) is 3.93. The zero-order valence-corrected chi connectivity index (χ0v) is 8.59. The van der Waals surface area contributed by atoms with Crippen molar-refractivity contribution < 1.29 is 0 Å². The molecule has 2 rings (SSSR count). The van der Waals surface area contributed by atoms with E-state index in [1.54, 1.807) is 6.07 Å². The summed E-state index contributed by atoms with van der Waals surface area (Å²) < 4.78 is 0. The zero-order chi connectivity index (χ0) is 9.97. The van der Waals surface area contributed by atoms with Gasteiger partial charge in [-0.2, -0.15) is 0 Å². The average Bonchev–Trinajstić information content (AvgIpc) is 2.62. The maximum absolute atomic E-state index is 6.05. The molecule has 0 amide bonds. The van der Waals surface area contributed by atoms with Crippen molar-refractivity contribution in [2.45, 2.75) is 18.9 Å². The summed E-state index contributed by atoms with van der Waals surface area (Å²) in [6, 6.07) is 6.04. The first kappa shape index (κ1) is 9.41. The summed E-state index contributed by atoms with van der Waals surface area (Å²) in [6.45, 7) is 0. The molecule has 0 spiro atoms. The van der Waals surface area contributed by atoms with Crippen molar-refractivity contribution in [3.63, 3.8) is 0 Å². The summed E-state index contributed by atoms with van der Waals surface area (Å²) >= 11 is 6.05. The van der Waals surface area contributed by atoms with E-state index >= 15 is 0 Å². The highest BCUT2D eigenvalue weighted by molar-refractivity contribution is 6.33. The summed E-state index contributed by atoms with van der Waals surface area (Å²) in [7, 11) is 0. The fourth-order valence-electron chi connectivity index (χ4n) is 1.60. The normalized spacial score (nSPS) is 16.1. The SMILES string of the molecule is Nc1ccc(NC2CC=CC2)c(Cl)c1. The Morgan fingerprint density at radius 1 is 1.29 bits per heavy atom. The Morgan fingerprint density at radius 2 is 2.00 bits per heavy atom. The molecule has 0 heterocycles. The quantitative estimate of drug-likeness (QED) is 0.579. The van der Waals surface area contributed by atoms with Crippen LogP contribution in [0.25, 0.3) is 0 Å². The molecule has 0 atom stereocenters. The van der Waals surface area contributed by atoms with Gasteiger partial charge in [0.25, 0.3) is 0 Å². The third-order valence-electron chi connectivity index (χ3n) is 2.36. The van der Waals surface area contributed by atoms with Gasteiger partial charge in [0.05, 0.1) is 10.7 Å². The third kappa shape index (κ3) is 2.02. The smallest absolute Gasteiger partial charge is 0.0658 e. The van der Waals surface area contributed by atoms with Crippen LogP contribution in [0.1, 0.15) is 12.8 Å². The number of nitrogens with one attached hydrogen (secondary N) is 1. The third-order valence-corrected chi connectivity index (χ3v) is 2.67. The van der Waals surface area contributed by atoms with Crippen LogP contribution in [0.4, 0.5) is 11.4 Å². The Bertz CT molecular complexity index is 352. The van der Waals surface area contributed by atoms with E-state index in [0.29, 0.717) is 16.8 Å². The maximum Gasteiger partial charge on any atom is 0.0658 e. The first-order chi connectivity index (χ1) is 6.75. The molecule has 74 valence electrons. The number of hydrogen-bond donors (Lipinski definition) is 2. The van der Waals surface area contributed by atoms with Gasteiger partial charge in [0.15, 0.2) is 0 Å². The number of rotatable bonds is 2. The van der Waals surface area contributed by atoms with Crippen molar-refractivity contribution in [3.8, 4) is 0 Å². The van der Waals surface area contributed by atoms with Crippen molar-refractivity contribution in [2.24, 2.45) is 0 Å². The summed E-state index contributed by atoms with van der Waals surface area (Å²) in [4.78, 5) is 0. The van der Waals surface area contributed by atoms with Crippen LogP contribution < -0.4 is 11.1 Å². The van der Waals surface area contributed by atoms with Crippen molar-refractivity contribution in [1.29, 1.82) is 0 Å². The number of benzene rings is 1. The highest BCUT2D eigenvalue weighted by Crippen LogP contribution is 2.26. The molecule has 0 aliphatic heterocycles. The molecule has 1 aliphatic rings.